The highest BCUT2D eigenvalue weighted by Gasteiger charge is 2.14. The molecular weight excluding hydrogens is 366 g/mol. The van der Waals surface area contributed by atoms with E-state index in [1.54, 1.807) is 9.13 Å². The van der Waals surface area contributed by atoms with Crippen LogP contribution >= 0.6 is 0 Å². The SMILES string of the molecule is CCn1c(=O)n(CCC(=O)NCc2ccc(N3CCCC3)nc2)c2ccccc21. The van der Waals surface area contributed by atoms with Crippen LogP contribution in [-0.2, 0) is 24.4 Å². The molecule has 3 aromatic rings. The number of carbonyl (C=O) groups is 1. The molecule has 1 fully saturated rings. The summed E-state index contributed by atoms with van der Waals surface area (Å²) in [4.78, 5) is 31.8. The van der Waals surface area contributed by atoms with Crippen LogP contribution in [0.1, 0.15) is 31.7 Å². The number of carbonyl (C=O) groups excluding carboxylic acids is 1. The molecule has 1 aromatic carbocycles. The predicted molar refractivity (Wildman–Crippen MR) is 114 cm³/mol. The minimum absolute atomic E-state index is 0.0665. The maximum atomic E-state index is 12.6. The molecular formula is C22H27N5O2. The quantitative estimate of drug-likeness (QED) is 0.670. The molecule has 7 nitrogen and oxygen atoms in total. The molecule has 152 valence electrons. The fraction of sp³-hybridized carbons (Fsp3) is 0.409. The Balaban J connectivity index is 1.34. The third-order valence-electron chi connectivity index (χ3n) is 5.53. The molecule has 1 N–H and O–H groups in total. The monoisotopic (exact) mass is 393 g/mol. The van der Waals surface area contributed by atoms with Crippen molar-refractivity contribution in [2.45, 2.75) is 45.8 Å². The second kappa shape index (κ2) is 8.51. The number of aryl methyl sites for hydroxylation is 2. The summed E-state index contributed by atoms with van der Waals surface area (Å²) in [7, 11) is 0. The van der Waals surface area contributed by atoms with E-state index in [1.807, 2.05) is 49.5 Å². The van der Waals surface area contributed by atoms with Crippen molar-refractivity contribution in [1.82, 2.24) is 19.4 Å². The van der Waals surface area contributed by atoms with Crippen molar-refractivity contribution < 1.29 is 4.79 Å². The lowest BCUT2D eigenvalue weighted by Crippen LogP contribution is -2.28. The molecule has 1 saturated heterocycles. The van der Waals surface area contributed by atoms with Crippen molar-refractivity contribution in [3.8, 4) is 0 Å². The number of para-hydroxylation sites is 2. The van der Waals surface area contributed by atoms with Crippen molar-refractivity contribution >= 4 is 22.8 Å². The average Bonchev–Trinajstić information content (AvgIpc) is 3.37. The lowest BCUT2D eigenvalue weighted by molar-refractivity contribution is -0.121. The van der Waals surface area contributed by atoms with Gasteiger partial charge in [-0.25, -0.2) is 9.78 Å². The first-order valence-corrected chi connectivity index (χ1v) is 10.3. The summed E-state index contributed by atoms with van der Waals surface area (Å²) < 4.78 is 3.42. The van der Waals surface area contributed by atoms with Crippen LogP contribution in [0.15, 0.2) is 47.4 Å². The van der Waals surface area contributed by atoms with Crippen molar-refractivity contribution in [3.05, 3.63) is 58.6 Å². The van der Waals surface area contributed by atoms with Crippen molar-refractivity contribution in [3.63, 3.8) is 0 Å². The smallest absolute Gasteiger partial charge is 0.329 e. The number of amides is 1. The molecule has 4 rings (SSSR count). The molecule has 1 aliphatic rings. The summed E-state index contributed by atoms with van der Waals surface area (Å²) in [5.74, 6) is 0.929. The number of nitrogens with one attached hydrogen (secondary N) is 1. The van der Waals surface area contributed by atoms with Gasteiger partial charge in [0.15, 0.2) is 0 Å². The van der Waals surface area contributed by atoms with E-state index >= 15 is 0 Å². The van der Waals surface area contributed by atoms with E-state index in [0.717, 1.165) is 35.5 Å². The van der Waals surface area contributed by atoms with Crippen LogP contribution in [0, 0.1) is 0 Å². The zero-order chi connectivity index (χ0) is 20.2. The van der Waals surface area contributed by atoms with E-state index in [9.17, 15) is 9.59 Å². The Bertz CT molecular complexity index is 1050. The highest BCUT2D eigenvalue weighted by Crippen LogP contribution is 2.17. The van der Waals surface area contributed by atoms with Crippen LogP contribution in [0.5, 0.6) is 0 Å². The number of rotatable bonds is 7. The molecule has 0 bridgehead atoms. The van der Waals surface area contributed by atoms with Gasteiger partial charge in [-0.15, -0.1) is 0 Å². The summed E-state index contributed by atoms with van der Waals surface area (Å²) in [6.45, 7) is 5.50. The second-order valence-corrected chi connectivity index (χ2v) is 7.41. The van der Waals surface area contributed by atoms with Gasteiger partial charge in [0.05, 0.1) is 11.0 Å². The molecule has 3 heterocycles. The maximum Gasteiger partial charge on any atom is 0.329 e. The number of benzene rings is 1. The lowest BCUT2D eigenvalue weighted by Gasteiger charge is -2.16. The third kappa shape index (κ3) is 4.04. The van der Waals surface area contributed by atoms with Gasteiger partial charge in [-0.3, -0.25) is 13.9 Å². The largest absolute Gasteiger partial charge is 0.357 e. The molecule has 2 aromatic heterocycles. The first-order chi connectivity index (χ1) is 14.2. The molecule has 0 unspecified atom stereocenters. The van der Waals surface area contributed by atoms with Crippen molar-refractivity contribution in [2.75, 3.05) is 18.0 Å². The highest BCUT2D eigenvalue weighted by atomic mass is 16.2. The summed E-state index contributed by atoms with van der Waals surface area (Å²) in [5.41, 5.74) is 2.68. The fourth-order valence-electron chi connectivity index (χ4n) is 3.95. The second-order valence-electron chi connectivity index (χ2n) is 7.41. The zero-order valence-electron chi connectivity index (χ0n) is 16.8. The van der Waals surface area contributed by atoms with Crippen molar-refractivity contribution in [2.24, 2.45) is 0 Å². The molecule has 0 spiro atoms. The number of anilines is 1. The number of hydrogen-bond donors (Lipinski definition) is 1. The third-order valence-corrected chi connectivity index (χ3v) is 5.53. The summed E-state index contributed by atoms with van der Waals surface area (Å²) in [6.07, 6.45) is 4.53. The number of nitrogens with zero attached hydrogens (tertiary/aromatic N) is 4. The predicted octanol–water partition coefficient (Wildman–Crippen LogP) is 2.52. The van der Waals surface area contributed by atoms with Gasteiger partial charge in [-0.2, -0.15) is 0 Å². The van der Waals surface area contributed by atoms with Gasteiger partial charge < -0.3 is 10.2 Å². The summed E-state index contributed by atoms with van der Waals surface area (Å²) >= 11 is 0. The van der Waals surface area contributed by atoms with Crippen LogP contribution in [0.2, 0.25) is 0 Å². The van der Waals surface area contributed by atoms with E-state index in [0.29, 0.717) is 19.6 Å². The van der Waals surface area contributed by atoms with E-state index in [1.165, 1.54) is 12.8 Å². The van der Waals surface area contributed by atoms with Crippen LogP contribution in [-0.4, -0.2) is 33.1 Å². The molecule has 29 heavy (non-hydrogen) atoms. The molecule has 0 saturated carbocycles. The number of imidazole rings is 1. The molecule has 7 heteroatoms. The Labute approximate surface area is 170 Å². The molecule has 1 amide bonds. The Morgan fingerprint density at radius 2 is 1.79 bits per heavy atom. The standard InChI is InChI=1S/C22H27N5O2/c1-2-26-18-7-3-4-8-19(18)27(22(26)29)14-11-21(28)24-16-17-9-10-20(23-15-17)25-12-5-6-13-25/h3-4,7-10,15H,2,5-6,11-14,16H2,1H3,(H,24,28). The summed E-state index contributed by atoms with van der Waals surface area (Å²) in [5, 5.41) is 2.93. The van der Waals surface area contributed by atoms with Gasteiger partial charge >= 0.3 is 5.69 Å². The van der Waals surface area contributed by atoms with Gasteiger partial charge in [0.2, 0.25) is 5.91 Å². The molecule has 0 atom stereocenters. The van der Waals surface area contributed by atoms with Crippen LogP contribution in [0.3, 0.4) is 0 Å². The van der Waals surface area contributed by atoms with E-state index in [2.05, 4.69) is 15.2 Å². The Kier molecular flexibility index (Phi) is 5.64. The van der Waals surface area contributed by atoms with Gasteiger partial charge in [0, 0.05) is 45.3 Å². The maximum absolute atomic E-state index is 12.6. The topological polar surface area (TPSA) is 72.2 Å². The molecule has 1 aliphatic heterocycles. The first-order valence-electron chi connectivity index (χ1n) is 10.3. The van der Waals surface area contributed by atoms with E-state index in [-0.39, 0.29) is 18.0 Å². The minimum Gasteiger partial charge on any atom is -0.357 e. The van der Waals surface area contributed by atoms with E-state index < -0.39 is 0 Å². The molecule has 0 aliphatic carbocycles. The average molecular weight is 393 g/mol. The minimum atomic E-state index is -0.0751. The van der Waals surface area contributed by atoms with Crippen LogP contribution < -0.4 is 15.9 Å². The zero-order valence-corrected chi connectivity index (χ0v) is 16.8. The Morgan fingerprint density at radius 1 is 1.07 bits per heavy atom. The van der Waals surface area contributed by atoms with Crippen LogP contribution in [0.4, 0.5) is 5.82 Å². The molecule has 0 radical (unpaired) electrons. The summed E-state index contributed by atoms with van der Waals surface area (Å²) in [6, 6.07) is 11.7. The fourth-order valence-corrected chi connectivity index (χ4v) is 3.95. The van der Waals surface area contributed by atoms with Crippen molar-refractivity contribution in [1.29, 1.82) is 0 Å². The normalized spacial score (nSPS) is 13.9. The first kappa shape index (κ1) is 19.2. The lowest BCUT2D eigenvalue weighted by atomic mass is 10.2. The van der Waals surface area contributed by atoms with Gasteiger partial charge in [0.25, 0.3) is 0 Å². The Hall–Kier alpha value is -3.09. The van der Waals surface area contributed by atoms with Gasteiger partial charge in [-0.05, 0) is 43.5 Å². The number of fused-ring (bicyclic) bond motifs is 1. The number of pyridine rings is 1. The number of hydrogen-bond acceptors (Lipinski definition) is 4. The highest BCUT2D eigenvalue weighted by molar-refractivity contribution is 5.78. The van der Waals surface area contributed by atoms with Gasteiger partial charge in [-0.1, -0.05) is 18.2 Å². The Morgan fingerprint density at radius 3 is 2.45 bits per heavy atom. The van der Waals surface area contributed by atoms with E-state index in [4.69, 9.17) is 0 Å². The van der Waals surface area contributed by atoms with Gasteiger partial charge in [0.1, 0.15) is 5.82 Å². The number of aromatic nitrogens is 3. The van der Waals surface area contributed by atoms with Crippen LogP contribution in [0.25, 0.3) is 11.0 Å².